The largest absolute Gasteiger partial charge is 0.338 e. The number of hydrogen-bond acceptors (Lipinski definition) is 5. The summed E-state index contributed by atoms with van der Waals surface area (Å²) >= 11 is 0. The lowest BCUT2D eigenvalue weighted by atomic mass is 10.0. The Hall–Kier alpha value is -3.68. The van der Waals surface area contributed by atoms with Crippen LogP contribution in [0, 0.1) is 6.92 Å². The summed E-state index contributed by atoms with van der Waals surface area (Å²) in [5.41, 5.74) is 5.89. The highest BCUT2D eigenvalue weighted by Crippen LogP contribution is 2.33. The number of guanidine groups is 1. The predicted molar refractivity (Wildman–Crippen MR) is 109 cm³/mol. The van der Waals surface area contributed by atoms with Gasteiger partial charge in [0.2, 0.25) is 5.96 Å². The second-order valence-corrected chi connectivity index (χ2v) is 6.51. The van der Waals surface area contributed by atoms with Gasteiger partial charge in [-0.3, -0.25) is 10.3 Å². The molecule has 0 aliphatic carbocycles. The van der Waals surface area contributed by atoms with E-state index in [-0.39, 0.29) is 6.03 Å². The van der Waals surface area contributed by atoms with Gasteiger partial charge in [0.1, 0.15) is 0 Å². The summed E-state index contributed by atoms with van der Waals surface area (Å²) in [5, 5.41) is 13.2. The Labute approximate surface area is 162 Å². The minimum Gasteiger partial charge on any atom is -0.338 e. The van der Waals surface area contributed by atoms with Gasteiger partial charge in [-0.05, 0) is 43.2 Å². The Morgan fingerprint density at radius 3 is 2.89 bits per heavy atom. The number of amides is 2. The topological polar surface area (TPSA) is 96.2 Å². The molecule has 3 aromatic rings. The van der Waals surface area contributed by atoms with Crippen LogP contribution in [0.3, 0.4) is 0 Å². The summed E-state index contributed by atoms with van der Waals surface area (Å²) < 4.78 is 1.83. The number of nitrogens with one attached hydrogen (secondary N) is 3. The first-order valence-electron chi connectivity index (χ1n) is 9.09. The molecule has 0 spiro atoms. The van der Waals surface area contributed by atoms with Crippen LogP contribution in [0.1, 0.15) is 18.1 Å². The van der Waals surface area contributed by atoms with Crippen LogP contribution in [0.15, 0.2) is 54.0 Å². The van der Waals surface area contributed by atoms with Crippen molar-refractivity contribution in [1.82, 2.24) is 25.4 Å². The molecule has 4 rings (SSSR count). The lowest BCUT2D eigenvalue weighted by molar-refractivity contribution is 0.246. The maximum atomic E-state index is 11.9. The van der Waals surface area contributed by atoms with Crippen molar-refractivity contribution in [3.05, 3.63) is 60.2 Å². The minimum atomic E-state index is -0.291. The molecule has 0 radical (unpaired) electrons. The fraction of sp³-hybridized carbons (Fsp3) is 0.200. The number of carbonyl (C=O) groups is 1. The maximum absolute atomic E-state index is 11.9. The lowest BCUT2D eigenvalue weighted by Gasteiger charge is -2.23. The zero-order chi connectivity index (χ0) is 19.5. The average Bonchev–Trinajstić information content (AvgIpc) is 3.14. The van der Waals surface area contributed by atoms with Crippen molar-refractivity contribution in [2.75, 3.05) is 11.9 Å². The molecule has 1 aromatic carbocycles. The first-order chi connectivity index (χ1) is 13.6. The van der Waals surface area contributed by atoms with E-state index in [1.54, 1.807) is 6.20 Å². The molecule has 2 aromatic heterocycles. The Morgan fingerprint density at radius 2 is 2.18 bits per heavy atom. The number of fused-ring (bicyclic) bond motifs is 1. The van der Waals surface area contributed by atoms with Crippen molar-refractivity contribution in [2.45, 2.75) is 20.4 Å². The van der Waals surface area contributed by atoms with Crippen LogP contribution in [-0.2, 0) is 6.54 Å². The molecule has 0 unspecified atom stereocenters. The van der Waals surface area contributed by atoms with Crippen LogP contribution in [-0.4, -0.2) is 33.3 Å². The van der Waals surface area contributed by atoms with Crippen molar-refractivity contribution in [1.29, 1.82) is 0 Å². The molecule has 3 heterocycles. The normalized spacial score (nSPS) is 12.6. The SMILES string of the molecule is CCNC(=O)NC1=NCc2cc(-c3cccnc3)cc(-n3cc(C)cn3)c2N1. The summed E-state index contributed by atoms with van der Waals surface area (Å²) in [7, 11) is 0. The molecule has 1 aliphatic rings. The van der Waals surface area contributed by atoms with Crippen molar-refractivity contribution < 1.29 is 4.79 Å². The third-order valence-electron chi connectivity index (χ3n) is 4.37. The van der Waals surface area contributed by atoms with E-state index in [2.05, 4.69) is 43.2 Å². The zero-order valence-corrected chi connectivity index (χ0v) is 15.7. The van der Waals surface area contributed by atoms with Gasteiger partial charge in [-0.2, -0.15) is 5.10 Å². The molecule has 0 fully saturated rings. The number of urea groups is 1. The fourth-order valence-corrected chi connectivity index (χ4v) is 3.09. The summed E-state index contributed by atoms with van der Waals surface area (Å²) in [6, 6.07) is 7.79. The number of carbonyl (C=O) groups excluding carboxylic acids is 1. The molecular formula is C20H21N7O. The average molecular weight is 375 g/mol. The number of rotatable bonds is 3. The number of pyridine rings is 1. The monoisotopic (exact) mass is 375 g/mol. The number of anilines is 1. The first-order valence-corrected chi connectivity index (χ1v) is 9.09. The number of hydrogen-bond donors (Lipinski definition) is 3. The third kappa shape index (κ3) is 3.57. The van der Waals surface area contributed by atoms with Gasteiger partial charge in [0.15, 0.2) is 0 Å². The number of benzene rings is 1. The second-order valence-electron chi connectivity index (χ2n) is 6.51. The van der Waals surface area contributed by atoms with Crippen LogP contribution < -0.4 is 16.0 Å². The highest BCUT2D eigenvalue weighted by molar-refractivity contribution is 6.06. The van der Waals surface area contributed by atoms with Crippen molar-refractivity contribution in [3.63, 3.8) is 0 Å². The van der Waals surface area contributed by atoms with E-state index in [9.17, 15) is 4.79 Å². The van der Waals surface area contributed by atoms with Gasteiger partial charge in [-0.15, -0.1) is 0 Å². The van der Waals surface area contributed by atoms with Crippen molar-refractivity contribution in [3.8, 4) is 16.8 Å². The fourth-order valence-electron chi connectivity index (χ4n) is 3.09. The van der Waals surface area contributed by atoms with Crippen LogP contribution in [0.4, 0.5) is 10.5 Å². The summed E-state index contributed by atoms with van der Waals surface area (Å²) in [6.45, 7) is 4.86. The van der Waals surface area contributed by atoms with Crippen molar-refractivity contribution in [2.24, 2.45) is 4.99 Å². The Kier molecular flexibility index (Phi) is 4.76. The van der Waals surface area contributed by atoms with Gasteiger partial charge in [-0.1, -0.05) is 6.07 Å². The van der Waals surface area contributed by atoms with E-state index in [4.69, 9.17) is 0 Å². The third-order valence-corrected chi connectivity index (χ3v) is 4.37. The molecule has 142 valence electrons. The van der Waals surface area contributed by atoms with Crippen LogP contribution in [0.25, 0.3) is 16.8 Å². The number of nitrogens with zero attached hydrogens (tertiary/aromatic N) is 4. The number of aryl methyl sites for hydroxylation is 1. The van der Waals surface area contributed by atoms with Crippen molar-refractivity contribution >= 4 is 17.7 Å². The Bertz CT molecular complexity index is 1040. The Morgan fingerprint density at radius 1 is 1.29 bits per heavy atom. The predicted octanol–water partition coefficient (Wildman–Crippen LogP) is 2.84. The van der Waals surface area contributed by atoms with Crippen LogP contribution in [0.2, 0.25) is 0 Å². The van der Waals surface area contributed by atoms with E-state index < -0.39 is 0 Å². The van der Waals surface area contributed by atoms with Gasteiger partial charge in [0.25, 0.3) is 0 Å². The highest BCUT2D eigenvalue weighted by atomic mass is 16.2. The van der Waals surface area contributed by atoms with Gasteiger partial charge >= 0.3 is 6.03 Å². The molecule has 0 saturated carbocycles. The quantitative estimate of drug-likeness (QED) is 0.656. The lowest BCUT2D eigenvalue weighted by Crippen LogP contribution is -2.43. The molecule has 8 heteroatoms. The van der Waals surface area contributed by atoms with Gasteiger partial charge in [-0.25, -0.2) is 14.5 Å². The van der Waals surface area contributed by atoms with Gasteiger partial charge in [0, 0.05) is 36.3 Å². The molecule has 0 saturated heterocycles. The van der Waals surface area contributed by atoms with Crippen LogP contribution in [0.5, 0.6) is 0 Å². The number of aliphatic imine (C=N–C) groups is 1. The standard InChI is InChI=1S/C20H21N7O/c1-3-22-20(28)26-19-23-11-16-7-15(14-5-4-6-21-10-14)8-17(18(16)25-19)27-12-13(2)9-24-27/h4-10,12H,3,11H2,1-2H3,(H3,22,23,25,26,28). The van der Waals surface area contributed by atoms with E-state index in [1.165, 1.54) is 0 Å². The molecule has 0 atom stereocenters. The molecule has 28 heavy (non-hydrogen) atoms. The smallest absolute Gasteiger partial charge is 0.321 e. The Balaban J connectivity index is 1.75. The summed E-state index contributed by atoms with van der Waals surface area (Å²) in [4.78, 5) is 20.5. The number of aromatic nitrogens is 3. The van der Waals surface area contributed by atoms with E-state index in [0.29, 0.717) is 19.0 Å². The van der Waals surface area contributed by atoms with Gasteiger partial charge in [0.05, 0.1) is 24.1 Å². The zero-order valence-electron chi connectivity index (χ0n) is 15.7. The minimum absolute atomic E-state index is 0.291. The van der Waals surface area contributed by atoms with Gasteiger partial charge < -0.3 is 10.6 Å². The van der Waals surface area contributed by atoms with E-state index in [1.807, 2.05) is 49.3 Å². The first kappa shape index (κ1) is 17.7. The molecular weight excluding hydrogens is 354 g/mol. The molecule has 3 N–H and O–H groups in total. The second kappa shape index (κ2) is 7.51. The maximum Gasteiger partial charge on any atom is 0.321 e. The highest BCUT2D eigenvalue weighted by Gasteiger charge is 2.20. The summed E-state index contributed by atoms with van der Waals surface area (Å²) in [5.74, 6) is 0.415. The van der Waals surface area contributed by atoms with Crippen LogP contribution >= 0.6 is 0 Å². The molecule has 2 amide bonds. The molecule has 0 bridgehead atoms. The van der Waals surface area contributed by atoms with E-state index >= 15 is 0 Å². The molecule has 1 aliphatic heterocycles. The van der Waals surface area contributed by atoms with E-state index in [0.717, 1.165) is 33.6 Å². The molecule has 8 nitrogen and oxygen atoms in total. The summed E-state index contributed by atoms with van der Waals surface area (Å²) in [6.07, 6.45) is 7.37.